The summed E-state index contributed by atoms with van der Waals surface area (Å²) in [7, 11) is 1.69. The third-order valence-corrected chi connectivity index (χ3v) is 7.35. The van der Waals surface area contributed by atoms with Crippen molar-refractivity contribution >= 4 is 11.6 Å². The number of aromatic nitrogens is 3. The third-order valence-electron chi connectivity index (χ3n) is 7.35. The molecule has 1 fully saturated rings. The lowest BCUT2D eigenvalue weighted by Gasteiger charge is -2.41. The molecule has 0 aliphatic carbocycles. The summed E-state index contributed by atoms with van der Waals surface area (Å²) in [5, 5.41) is 3.06. The zero-order chi connectivity index (χ0) is 26.2. The standard InChI is InChI=1S/C29H38N6O2/c1-21(11-15-31-29(36)28-22(2)32-20-33-23(28)3)34-16-12-25(13-17-34)35(26-6-5-14-30-18-26)19-24-7-9-27(37-4)10-8-24/h5-10,14,18,20-21,25H,11-13,15-17,19H2,1-4H3,(H,31,36)/t21-/m1/s1. The lowest BCUT2D eigenvalue weighted by molar-refractivity contribution is 0.0943. The number of likely N-dealkylation sites (tertiary alicyclic amines) is 1. The molecule has 1 aliphatic rings. The Morgan fingerprint density at radius 2 is 1.84 bits per heavy atom. The van der Waals surface area contributed by atoms with Gasteiger partial charge in [-0.25, -0.2) is 9.97 Å². The summed E-state index contributed by atoms with van der Waals surface area (Å²) in [6.45, 7) is 9.48. The van der Waals surface area contributed by atoms with Gasteiger partial charge in [0.15, 0.2) is 0 Å². The highest BCUT2D eigenvalue weighted by atomic mass is 16.5. The summed E-state index contributed by atoms with van der Waals surface area (Å²) in [5.41, 5.74) is 4.43. The van der Waals surface area contributed by atoms with Gasteiger partial charge in [0.1, 0.15) is 12.1 Å². The molecule has 0 radical (unpaired) electrons. The number of nitrogens with zero attached hydrogens (tertiary/aromatic N) is 5. The van der Waals surface area contributed by atoms with E-state index in [0.29, 0.717) is 35.6 Å². The first kappa shape index (κ1) is 26.5. The molecule has 4 rings (SSSR count). The van der Waals surface area contributed by atoms with Gasteiger partial charge in [-0.2, -0.15) is 0 Å². The number of benzene rings is 1. The largest absolute Gasteiger partial charge is 0.497 e. The van der Waals surface area contributed by atoms with Gasteiger partial charge in [0.2, 0.25) is 0 Å². The number of aryl methyl sites for hydroxylation is 2. The number of carbonyl (C=O) groups excluding carboxylic acids is 1. The summed E-state index contributed by atoms with van der Waals surface area (Å²) in [6.07, 6.45) is 8.36. The number of hydrogen-bond donors (Lipinski definition) is 1. The van der Waals surface area contributed by atoms with E-state index in [2.05, 4.69) is 55.2 Å². The predicted octanol–water partition coefficient (Wildman–Crippen LogP) is 4.18. The van der Waals surface area contributed by atoms with Crippen LogP contribution in [0.25, 0.3) is 0 Å². The third kappa shape index (κ3) is 6.83. The fourth-order valence-corrected chi connectivity index (χ4v) is 5.11. The molecule has 3 aromatic rings. The highest BCUT2D eigenvalue weighted by Crippen LogP contribution is 2.27. The number of methoxy groups -OCH3 is 1. The van der Waals surface area contributed by atoms with E-state index in [9.17, 15) is 4.79 Å². The van der Waals surface area contributed by atoms with Crippen LogP contribution < -0.4 is 15.0 Å². The second kappa shape index (κ2) is 12.6. The number of anilines is 1. The van der Waals surface area contributed by atoms with Crippen molar-refractivity contribution in [1.82, 2.24) is 25.2 Å². The predicted molar refractivity (Wildman–Crippen MR) is 146 cm³/mol. The Labute approximate surface area is 220 Å². The Kier molecular flexibility index (Phi) is 9.06. The fraction of sp³-hybridized carbons (Fsp3) is 0.448. The molecule has 1 N–H and O–H groups in total. The maximum atomic E-state index is 12.7. The van der Waals surface area contributed by atoms with Crippen LogP contribution in [0.4, 0.5) is 5.69 Å². The number of rotatable bonds is 10. The van der Waals surface area contributed by atoms with Crippen LogP contribution in [0.2, 0.25) is 0 Å². The van der Waals surface area contributed by atoms with E-state index in [0.717, 1.165) is 50.3 Å². The number of pyridine rings is 1. The Morgan fingerprint density at radius 1 is 1.14 bits per heavy atom. The maximum Gasteiger partial charge on any atom is 0.254 e. The van der Waals surface area contributed by atoms with Gasteiger partial charge in [-0.1, -0.05) is 12.1 Å². The molecule has 8 nitrogen and oxygen atoms in total. The summed E-state index contributed by atoms with van der Waals surface area (Å²) in [6, 6.07) is 13.3. The molecule has 0 bridgehead atoms. The van der Waals surface area contributed by atoms with Crippen LogP contribution in [0.15, 0.2) is 55.1 Å². The van der Waals surface area contributed by atoms with Gasteiger partial charge in [0, 0.05) is 44.5 Å². The van der Waals surface area contributed by atoms with Crippen molar-refractivity contribution in [2.75, 3.05) is 31.6 Å². The van der Waals surface area contributed by atoms with Gasteiger partial charge in [-0.05, 0) is 69.9 Å². The molecule has 0 spiro atoms. The summed E-state index contributed by atoms with van der Waals surface area (Å²) in [5.74, 6) is 0.782. The van der Waals surface area contributed by atoms with E-state index in [1.807, 2.05) is 44.4 Å². The minimum absolute atomic E-state index is 0.0906. The molecule has 3 heterocycles. The van der Waals surface area contributed by atoms with Crippen LogP contribution in [-0.2, 0) is 6.54 Å². The Hall–Kier alpha value is -3.52. The van der Waals surface area contributed by atoms with Crippen molar-refractivity contribution in [2.45, 2.75) is 58.7 Å². The molecule has 2 aromatic heterocycles. The number of ether oxygens (including phenoxy) is 1. The van der Waals surface area contributed by atoms with Crippen molar-refractivity contribution in [3.63, 3.8) is 0 Å². The van der Waals surface area contributed by atoms with Gasteiger partial charge < -0.3 is 19.9 Å². The number of hydrogen-bond acceptors (Lipinski definition) is 7. The zero-order valence-electron chi connectivity index (χ0n) is 22.4. The van der Waals surface area contributed by atoms with Crippen molar-refractivity contribution in [2.24, 2.45) is 0 Å². The SMILES string of the molecule is COc1ccc(CN(c2cccnc2)C2CCN([C@H](C)CCNC(=O)c3c(C)ncnc3C)CC2)cc1. The molecular formula is C29H38N6O2. The summed E-state index contributed by atoms with van der Waals surface area (Å²) >= 11 is 0. The van der Waals surface area contributed by atoms with E-state index in [4.69, 9.17) is 4.74 Å². The molecule has 37 heavy (non-hydrogen) atoms. The van der Waals surface area contributed by atoms with E-state index < -0.39 is 0 Å². The van der Waals surface area contributed by atoms with Crippen LogP contribution in [0.3, 0.4) is 0 Å². The van der Waals surface area contributed by atoms with Crippen LogP contribution >= 0.6 is 0 Å². The topological polar surface area (TPSA) is 83.5 Å². The van der Waals surface area contributed by atoms with Gasteiger partial charge in [0.25, 0.3) is 5.91 Å². The van der Waals surface area contributed by atoms with Crippen LogP contribution in [-0.4, -0.2) is 64.6 Å². The smallest absolute Gasteiger partial charge is 0.254 e. The lowest BCUT2D eigenvalue weighted by atomic mass is 9.99. The minimum Gasteiger partial charge on any atom is -0.497 e. The fourth-order valence-electron chi connectivity index (χ4n) is 5.11. The Balaban J connectivity index is 1.31. The summed E-state index contributed by atoms with van der Waals surface area (Å²) < 4.78 is 5.33. The number of nitrogens with one attached hydrogen (secondary N) is 1. The average molecular weight is 503 g/mol. The molecule has 0 unspecified atom stereocenters. The highest BCUT2D eigenvalue weighted by molar-refractivity contribution is 5.96. The van der Waals surface area contributed by atoms with Gasteiger partial charge in [-0.3, -0.25) is 9.78 Å². The monoisotopic (exact) mass is 502 g/mol. The molecular weight excluding hydrogens is 464 g/mol. The zero-order valence-corrected chi connectivity index (χ0v) is 22.4. The quantitative estimate of drug-likeness (QED) is 0.445. The summed E-state index contributed by atoms with van der Waals surface area (Å²) in [4.78, 5) is 30.4. The molecule has 8 heteroatoms. The first-order valence-corrected chi connectivity index (χ1v) is 13.1. The van der Waals surface area contributed by atoms with Crippen LogP contribution in [0, 0.1) is 13.8 Å². The van der Waals surface area contributed by atoms with Crippen LogP contribution in [0.5, 0.6) is 5.75 Å². The highest BCUT2D eigenvalue weighted by Gasteiger charge is 2.27. The van der Waals surface area contributed by atoms with Crippen molar-refractivity contribution in [1.29, 1.82) is 0 Å². The number of amides is 1. The lowest BCUT2D eigenvalue weighted by Crippen LogP contribution is -2.48. The van der Waals surface area contributed by atoms with Gasteiger partial charge >= 0.3 is 0 Å². The molecule has 0 saturated carbocycles. The van der Waals surface area contributed by atoms with Crippen molar-refractivity contribution < 1.29 is 9.53 Å². The Morgan fingerprint density at radius 3 is 2.46 bits per heavy atom. The first-order chi connectivity index (χ1) is 18.0. The average Bonchev–Trinajstić information content (AvgIpc) is 2.92. The second-order valence-corrected chi connectivity index (χ2v) is 9.77. The van der Waals surface area contributed by atoms with E-state index in [-0.39, 0.29) is 5.91 Å². The minimum atomic E-state index is -0.0906. The van der Waals surface area contributed by atoms with Gasteiger partial charge in [-0.15, -0.1) is 0 Å². The number of piperidine rings is 1. The van der Waals surface area contributed by atoms with Gasteiger partial charge in [0.05, 0.1) is 35.9 Å². The van der Waals surface area contributed by atoms with Crippen LogP contribution in [0.1, 0.15) is 53.5 Å². The molecule has 1 atom stereocenters. The van der Waals surface area contributed by atoms with E-state index >= 15 is 0 Å². The molecule has 196 valence electrons. The normalized spacial score (nSPS) is 15.2. The molecule has 1 saturated heterocycles. The van der Waals surface area contributed by atoms with E-state index in [1.54, 1.807) is 7.11 Å². The first-order valence-electron chi connectivity index (χ1n) is 13.1. The molecule has 1 aromatic carbocycles. The molecule has 1 aliphatic heterocycles. The Bertz CT molecular complexity index is 1130. The second-order valence-electron chi connectivity index (χ2n) is 9.77. The van der Waals surface area contributed by atoms with Crippen molar-refractivity contribution in [3.05, 3.63) is 77.6 Å². The maximum absolute atomic E-state index is 12.7. The molecule has 1 amide bonds. The van der Waals surface area contributed by atoms with E-state index in [1.165, 1.54) is 11.9 Å². The number of carbonyl (C=O) groups is 1. The van der Waals surface area contributed by atoms with Crippen molar-refractivity contribution in [3.8, 4) is 5.75 Å².